The first-order valence-electron chi connectivity index (χ1n) is 10.0. The number of aryl methyl sites for hydroxylation is 1. The predicted molar refractivity (Wildman–Crippen MR) is 108 cm³/mol. The van der Waals surface area contributed by atoms with Gasteiger partial charge in [-0.1, -0.05) is 18.2 Å². The number of hydrogen-bond donors (Lipinski definition) is 0. The lowest BCUT2D eigenvalue weighted by Gasteiger charge is -2.36. The molecule has 6 nitrogen and oxygen atoms in total. The molecule has 3 aromatic rings. The third-order valence-electron chi connectivity index (χ3n) is 6.31. The van der Waals surface area contributed by atoms with E-state index in [1.807, 2.05) is 4.90 Å². The molecule has 1 aromatic carbocycles. The van der Waals surface area contributed by atoms with Crippen LogP contribution in [0.2, 0.25) is 0 Å². The largest absolute Gasteiger partial charge is 0.346 e. The van der Waals surface area contributed by atoms with Crippen molar-refractivity contribution in [2.45, 2.75) is 25.4 Å². The Balaban J connectivity index is 1.36. The summed E-state index contributed by atoms with van der Waals surface area (Å²) in [5.41, 5.74) is 3.06. The van der Waals surface area contributed by atoms with Crippen molar-refractivity contribution in [1.82, 2.24) is 24.3 Å². The molecular weight excluding hydrogens is 350 g/mol. The van der Waals surface area contributed by atoms with E-state index >= 15 is 0 Å². The van der Waals surface area contributed by atoms with Crippen molar-refractivity contribution in [2.24, 2.45) is 13.0 Å². The molecule has 0 aliphatic carbocycles. The molecule has 2 unspecified atom stereocenters. The highest BCUT2D eigenvalue weighted by molar-refractivity contribution is 5.92. The fraction of sp³-hybridized carbons (Fsp3) is 0.409. The molecule has 28 heavy (non-hydrogen) atoms. The van der Waals surface area contributed by atoms with Gasteiger partial charge in [0.05, 0.1) is 6.20 Å². The fourth-order valence-corrected chi connectivity index (χ4v) is 4.82. The minimum Gasteiger partial charge on any atom is -0.346 e. The number of aromatic nitrogens is 3. The minimum atomic E-state index is 0.0106. The van der Waals surface area contributed by atoms with Crippen molar-refractivity contribution >= 4 is 16.8 Å². The average molecular weight is 375 g/mol. The maximum atomic E-state index is 12.9. The number of hydrogen-bond acceptors (Lipinski definition) is 4. The number of nitrogens with zero attached hydrogens (tertiary/aromatic N) is 5. The number of para-hydroxylation sites is 1. The van der Waals surface area contributed by atoms with Crippen molar-refractivity contribution in [2.75, 3.05) is 19.6 Å². The molecular formula is C22H25N5O. The van der Waals surface area contributed by atoms with E-state index in [1.165, 1.54) is 23.0 Å². The smallest absolute Gasteiger partial charge is 0.274 e. The van der Waals surface area contributed by atoms with E-state index in [-0.39, 0.29) is 5.91 Å². The standard InChI is InChI=1S/C22H25N5O/c1-25-19(10-17-4-2-3-5-21(17)25)15-26-12-16-6-7-18(26)14-27(13-16)22(28)20-11-23-8-9-24-20/h2-5,8-11,16,18H,6-7,12-15H2,1H3. The van der Waals surface area contributed by atoms with Crippen molar-refractivity contribution in [3.05, 3.63) is 60.3 Å². The third-order valence-corrected chi connectivity index (χ3v) is 6.31. The average Bonchev–Trinajstić information content (AvgIpc) is 2.89. The molecule has 144 valence electrons. The van der Waals surface area contributed by atoms with Gasteiger partial charge in [-0.05, 0) is 36.3 Å². The molecule has 0 saturated carbocycles. The highest BCUT2D eigenvalue weighted by Gasteiger charge is 2.37. The summed E-state index contributed by atoms with van der Waals surface area (Å²) < 4.78 is 2.30. The lowest BCUT2D eigenvalue weighted by Crippen LogP contribution is -2.44. The van der Waals surface area contributed by atoms with Crippen LogP contribution in [0.1, 0.15) is 29.0 Å². The molecule has 5 heterocycles. The van der Waals surface area contributed by atoms with Crippen LogP contribution in [-0.2, 0) is 13.6 Å². The van der Waals surface area contributed by atoms with E-state index in [0.717, 1.165) is 32.6 Å². The van der Waals surface area contributed by atoms with Gasteiger partial charge in [-0.25, -0.2) is 4.98 Å². The summed E-state index contributed by atoms with van der Waals surface area (Å²) in [6, 6.07) is 11.2. The van der Waals surface area contributed by atoms with Crippen molar-refractivity contribution in [1.29, 1.82) is 0 Å². The van der Waals surface area contributed by atoms with Crippen LogP contribution >= 0.6 is 0 Å². The van der Waals surface area contributed by atoms with Crippen LogP contribution in [0.5, 0.6) is 0 Å². The highest BCUT2D eigenvalue weighted by Crippen LogP contribution is 2.30. The Morgan fingerprint density at radius 1 is 1.14 bits per heavy atom. The second kappa shape index (κ2) is 7.02. The monoisotopic (exact) mass is 375 g/mol. The van der Waals surface area contributed by atoms with E-state index in [0.29, 0.717) is 17.7 Å². The van der Waals surface area contributed by atoms with Crippen molar-refractivity contribution in [3.8, 4) is 0 Å². The van der Waals surface area contributed by atoms with Crippen LogP contribution < -0.4 is 0 Å². The van der Waals surface area contributed by atoms with Gasteiger partial charge in [0.1, 0.15) is 5.69 Å². The molecule has 3 saturated heterocycles. The molecule has 6 heteroatoms. The third kappa shape index (κ3) is 3.07. The summed E-state index contributed by atoms with van der Waals surface area (Å²) in [5.74, 6) is 0.533. The van der Waals surface area contributed by atoms with Gasteiger partial charge in [0.25, 0.3) is 5.91 Å². The Hall–Kier alpha value is -2.73. The maximum Gasteiger partial charge on any atom is 0.274 e. The normalized spacial score (nSPS) is 22.5. The molecule has 1 amide bonds. The maximum absolute atomic E-state index is 12.9. The summed E-state index contributed by atoms with van der Waals surface area (Å²) in [7, 11) is 2.15. The molecule has 0 N–H and O–H groups in total. The van der Waals surface area contributed by atoms with Crippen LogP contribution in [0, 0.1) is 5.92 Å². The summed E-state index contributed by atoms with van der Waals surface area (Å²) >= 11 is 0. The Labute approximate surface area is 164 Å². The number of carbonyl (C=O) groups excluding carboxylic acids is 1. The molecule has 0 spiro atoms. The highest BCUT2D eigenvalue weighted by atomic mass is 16.2. The molecule has 6 rings (SSSR count). The Kier molecular flexibility index (Phi) is 4.36. The summed E-state index contributed by atoms with van der Waals surface area (Å²) in [6.45, 7) is 3.57. The number of piperidine rings is 1. The van der Waals surface area contributed by atoms with Gasteiger partial charge in [0.2, 0.25) is 0 Å². The van der Waals surface area contributed by atoms with Gasteiger partial charge in [0.15, 0.2) is 0 Å². The van der Waals surface area contributed by atoms with E-state index < -0.39 is 0 Å². The summed E-state index contributed by atoms with van der Waals surface area (Å²) in [4.78, 5) is 25.7. The first-order valence-corrected chi connectivity index (χ1v) is 10.0. The summed E-state index contributed by atoms with van der Waals surface area (Å²) in [6.07, 6.45) is 7.11. The fourth-order valence-electron chi connectivity index (χ4n) is 4.82. The Bertz CT molecular complexity index is 999. The second-order valence-corrected chi connectivity index (χ2v) is 8.08. The Morgan fingerprint density at radius 3 is 2.86 bits per heavy atom. The molecule has 2 bridgehead atoms. The van der Waals surface area contributed by atoms with Gasteiger partial charge >= 0.3 is 0 Å². The zero-order chi connectivity index (χ0) is 19.1. The zero-order valence-corrected chi connectivity index (χ0v) is 16.2. The van der Waals surface area contributed by atoms with Crippen molar-refractivity contribution < 1.29 is 4.79 Å². The van der Waals surface area contributed by atoms with Gasteiger partial charge in [0, 0.05) is 62.9 Å². The van der Waals surface area contributed by atoms with Crippen LogP contribution in [-0.4, -0.2) is 55.9 Å². The second-order valence-electron chi connectivity index (χ2n) is 8.08. The van der Waals surface area contributed by atoms with Crippen molar-refractivity contribution in [3.63, 3.8) is 0 Å². The zero-order valence-electron chi connectivity index (χ0n) is 16.2. The molecule has 3 fully saturated rings. The van der Waals surface area contributed by atoms with Crippen LogP contribution in [0.25, 0.3) is 10.9 Å². The topological polar surface area (TPSA) is 54.3 Å². The molecule has 3 aliphatic heterocycles. The summed E-state index contributed by atoms with van der Waals surface area (Å²) in [5, 5.41) is 1.29. The number of rotatable bonds is 3. The first-order chi connectivity index (χ1) is 13.7. The van der Waals surface area contributed by atoms with Crippen LogP contribution in [0.15, 0.2) is 48.9 Å². The van der Waals surface area contributed by atoms with Gasteiger partial charge in [-0.3, -0.25) is 14.7 Å². The Morgan fingerprint density at radius 2 is 2.04 bits per heavy atom. The quantitative estimate of drug-likeness (QED) is 0.706. The first kappa shape index (κ1) is 17.4. The van der Waals surface area contributed by atoms with E-state index in [2.05, 4.69) is 56.8 Å². The van der Waals surface area contributed by atoms with E-state index in [9.17, 15) is 4.79 Å². The van der Waals surface area contributed by atoms with Gasteiger partial charge < -0.3 is 9.47 Å². The van der Waals surface area contributed by atoms with Gasteiger partial charge in [-0.15, -0.1) is 0 Å². The van der Waals surface area contributed by atoms with E-state index in [4.69, 9.17) is 0 Å². The van der Waals surface area contributed by atoms with Gasteiger partial charge in [-0.2, -0.15) is 0 Å². The lowest BCUT2D eigenvalue weighted by atomic mass is 9.95. The van der Waals surface area contributed by atoms with E-state index in [1.54, 1.807) is 18.6 Å². The van der Waals surface area contributed by atoms with Crippen LogP contribution in [0.3, 0.4) is 0 Å². The lowest BCUT2D eigenvalue weighted by molar-refractivity contribution is 0.0729. The predicted octanol–water partition coefficient (Wildman–Crippen LogP) is 2.70. The van der Waals surface area contributed by atoms with Crippen LogP contribution in [0.4, 0.5) is 0 Å². The number of benzene rings is 1. The molecule has 2 atom stereocenters. The number of fused-ring (bicyclic) bond motifs is 5. The molecule has 0 radical (unpaired) electrons. The number of amides is 1. The SMILES string of the molecule is Cn1c(CN2CC3CCC2CN(C(=O)c2cnccn2)C3)cc2ccccc21. The molecule has 2 aromatic heterocycles. The molecule has 3 aliphatic rings. The number of carbonyl (C=O) groups is 1. The minimum absolute atomic E-state index is 0.0106.